The van der Waals surface area contributed by atoms with Gasteiger partial charge in [-0.1, -0.05) is 26.0 Å². The zero-order chi connectivity index (χ0) is 15.7. The molecule has 1 aromatic carbocycles. The molecule has 0 aliphatic carbocycles. The zero-order valence-electron chi connectivity index (χ0n) is 12.4. The summed E-state index contributed by atoms with van der Waals surface area (Å²) in [5.74, 6) is 0.0998. The number of carbonyl (C=O) groups is 1. The van der Waals surface area contributed by atoms with Crippen LogP contribution in [0.15, 0.2) is 24.3 Å². The summed E-state index contributed by atoms with van der Waals surface area (Å²) in [6.45, 7) is 5.68. The number of aliphatic hydroxyl groups excluding tert-OH is 1. The molecule has 3 N–H and O–H groups in total. The van der Waals surface area contributed by atoms with Gasteiger partial charge in [-0.3, -0.25) is 0 Å². The molecule has 0 saturated heterocycles. The molecule has 0 fully saturated rings. The predicted octanol–water partition coefficient (Wildman–Crippen LogP) is 1.83. The minimum atomic E-state index is -0.867. The molecule has 0 bridgehead atoms. The molecule has 0 aliphatic rings. The zero-order valence-corrected chi connectivity index (χ0v) is 12.4. The Morgan fingerprint density at radius 1 is 1.29 bits per heavy atom. The van der Waals surface area contributed by atoms with Crippen molar-refractivity contribution in [2.45, 2.75) is 20.0 Å². The van der Waals surface area contributed by atoms with Gasteiger partial charge >= 0.3 is 6.03 Å². The van der Waals surface area contributed by atoms with Gasteiger partial charge < -0.3 is 20.5 Å². The molecule has 0 saturated carbocycles. The fourth-order valence-electron chi connectivity index (χ4n) is 1.61. The van der Waals surface area contributed by atoms with E-state index in [-0.39, 0.29) is 18.4 Å². The van der Waals surface area contributed by atoms with Crippen LogP contribution in [-0.2, 0) is 4.74 Å². The Balaban J connectivity index is 2.16. The van der Waals surface area contributed by atoms with E-state index in [1.54, 1.807) is 0 Å². The Kier molecular flexibility index (Phi) is 7.71. The number of ether oxygens (including phenoxy) is 1. The molecule has 0 spiro atoms. The van der Waals surface area contributed by atoms with Gasteiger partial charge in [0.2, 0.25) is 0 Å². The maximum atomic E-state index is 12.7. The van der Waals surface area contributed by atoms with Crippen molar-refractivity contribution in [2.75, 3.05) is 26.3 Å². The van der Waals surface area contributed by atoms with E-state index >= 15 is 0 Å². The first kappa shape index (κ1) is 17.4. The quantitative estimate of drug-likeness (QED) is 0.641. The highest BCUT2D eigenvalue weighted by Crippen LogP contribution is 2.12. The molecule has 1 aromatic rings. The van der Waals surface area contributed by atoms with Crippen LogP contribution < -0.4 is 10.6 Å². The SMILES string of the molecule is CC(C)COCCNC(=O)NCC(O)c1ccc(F)cc1. The molecule has 1 atom stereocenters. The van der Waals surface area contributed by atoms with Crippen LogP contribution >= 0.6 is 0 Å². The smallest absolute Gasteiger partial charge is 0.314 e. The number of halogens is 1. The first-order chi connectivity index (χ1) is 9.99. The summed E-state index contributed by atoms with van der Waals surface area (Å²) in [7, 11) is 0. The first-order valence-corrected chi connectivity index (χ1v) is 7.02. The monoisotopic (exact) mass is 298 g/mol. The van der Waals surface area contributed by atoms with E-state index in [9.17, 15) is 14.3 Å². The van der Waals surface area contributed by atoms with E-state index in [0.29, 0.717) is 31.2 Å². The molecule has 2 amide bonds. The number of hydrogen-bond acceptors (Lipinski definition) is 3. The number of nitrogens with one attached hydrogen (secondary N) is 2. The van der Waals surface area contributed by atoms with Crippen LogP contribution in [0.3, 0.4) is 0 Å². The fraction of sp³-hybridized carbons (Fsp3) is 0.533. The summed E-state index contributed by atoms with van der Waals surface area (Å²) in [5, 5.41) is 15.0. The van der Waals surface area contributed by atoms with Gasteiger partial charge in [-0.15, -0.1) is 0 Å². The van der Waals surface area contributed by atoms with Crippen LogP contribution in [0.25, 0.3) is 0 Å². The van der Waals surface area contributed by atoms with Gasteiger partial charge in [0.15, 0.2) is 0 Å². The lowest BCUT2D eigenvalue weighted by atomic mass is 10.1. The molecule has 0 aromatic heterocycles. The summed E-state index contributed by atoms with van der Waals surface area (Å²) < 4.78 is 18.1. The van der Waals surface area contributed by atoms with Crippen LogP contribution in [0.2, 0.25) is 0 Å². The molecular weight excluding hydrogens is 275 g/mol. The van der Waals surface area contributed by atoms with Crippen molar-refractivity contribution in [2.24, 2.45) is 5.92 Å². The number of benzene rings is 1. The van der Waals surface area contributed by atoms with Crippen LogP contribution in [0.1, 0.15) is 25.5 Å². The minimum Gasteiger partial charge on any atom is -0.387 e. The van der Waals surface area contributed by atoms with E-state index in [4.69, 9.17) is 4.74 Å². The molecule has 0 radical (unpaired) electrons. The molecule has 0 heterocycles. The number of hydrogen-bond donors (Lipinski definition) is 3. The Morgan fingerprint density at radius 2 is 1.95 bits per heavy atom. The number of urea groups is 1. The summed E-state index contributed by atoms with van der Waals surface area (Å²) in [6.07, 6.45) is -0.867. The lowest BCUT2D eigenvalue weighted by Crippen LogP contribution is -2.39. The molecule has 1 rings (SSSR count). The second kappa shape index (κ2) is 9.31. The normalized spacial score (nSPS) is 12.2. The van der Waals surface area contributed by atoms with Crippen LogP contribution in [-0.4, -0.2) is 37.4 Å². The van der Waals surface area contributed by atoms with Gasteiger partial charge in [0, 0.05) is 19.7 Å². The summed E-state index contributed by atoms with van der Waals surface area (Å²) in [4.78, 5) is 11.5. The third-order valence-corrected chi connectivity index (χ3v) is 2.69. The third kappa shape index (κ3) is 7.63. The van der Waals surface area contributed by atoms with E-state index in [0.717, 1.165) is 0 Å². The number of carbonyl (C=O) groups excluding carboxylic acids is 1. The Bertz CT molecular complexity index is 423. The van der Waals surface area contributed by atoms with Crippen LogP contribution in [0.5, 0.6) is 0 Å². The van der Waals surface area contributed by atoms with Gasteiger partial charge in [-0.05, 0) is 23.6 Å². The van der Waals surface area contributed by atoms with E-state index in [1.165, 1.54) is 24.3 Å². The van der Waals surface area contributed by atoms with Crippen molar-refractivity contribution < 1.29 is 19.0 Å². The van der Waals surface area contributed by atoms with Crippen molar-refractivity contribution >= 4 is 6.03 Å². The standard InChI is InChI=1S/C15H23FN2O3/c1-11(2)10-21-8-7-17-15(20)18-9-14(19)12-3-5-13(16)6-4-12/h3-6,11,14,19H,7-10H2,1-2H3,(H2,17,18,20). The minimum absolute atomic E-state index is 0.0598. The third-order valence-electron chi connectivity index (χ3n) is 2.69. The summed E-state index contributed by atoms with van der Waals surface area (Å²) >= 11 is 0. The number of rotatable bonds is 8. The lowest BCUT2D eigenvalue weighted by molar-refractivity contribution is 0.112. The summed E-state index contributed by atoms with van der Waals surface area (Å²) in [5.41, 5.74) is 0.553. The van der Waals surface area contributed by atoms with Crippen molar-refractivity contribution in [3.8, 4) is 0 Å². The van der Waals surface area contributed by atoms with Crippen LogP contribution in [0.4, 0.5) is 9.18 Å². The molecule has 118 valence electrons. The topological polar surface area (TPSA) is 70.6 Å². The van der Waals surface area contributed by atoms with Gasteiger partial charge in [0.25, 0.3) is 0 Å². The fourth-order valence-corrected chi connectivity index (χ4v) is 1.61. The molecule has 1 unspecified atom stereocenters. The average molecular weight is 298 g/mol. The van der Waals surface area contributed by atoms with Crippen molar-refractivity contribution in [1.82, 2.24) is 10.6 Å². The molecular formula is C15H23FN2O3. The lowest BCUT2D eigenvalue weighted by Gasteiger charge is -2.13. The Morgan fingerprint density at radius 3 is 2.57 bits per heavy atom. The molecule has 5 nitrogen and oxygen atoms in total. The van der Waals surface area contributed by atoms with Gasteiger partial charge in [-0.25, -0.2) is 9.18 Å². The van der Waals surface area contributed by atoms with Crippen molar-refractivity contribution in [3.05, 3.63) is 35.6 Å². The molecule has 21 heavy (non-hydrogen) atoms. The van der Waals surface area contributed by atoms with Crippen molar-refractivity contribution in [1.29, 1.82) is 0 Å². The second-order valence-electron chi connectivity index (χ2n) is 5.17. The highest BCUT2D eigenvalue weighted by molar-refractivity contribution is 5.73. The van der Waals surface area contributed by atoms with E-state index in [1.807, 2.05) is 0 Å². The molecule has 6 heteroatoms. The van der Waals surface area contributed by atoms with E-state index in [2.05, 4.69) is 24.5 Å². The van der Waals surface area contributed by atoms with Crippen LogP contribution in [0, 0.1) is 11.7 Å². The van der Waals surface area contributed by atoms with Gasteiger partial charge in [0.05, 0.1) is 12.7 Å². The van der Waals surface area contributed by atoms with E-state index < -0.39 is 6.10 Å². The average Bonchev–Trinajstić information content (AvgIpc) is 2.44. The number of amides is 2. The predicted molar refractivity (Wildman–Crippen MR) is 78.4 cm³/mol. The van der Waals surface area contributed by atoms with Gasteiger partial charge in [0.1, 0.15) is 5.82 Å². The highest BCUT2D eigenvalue weighted by Gasteiger charge is 2.09. The first-order valence-electron chi connectivity index (χ1n) is 7.02. The Labute approximate surface area is 124 Å². The summed E-state index contributed by atoms with van der Waals surface area (Å²) in [6, 6.07) is 5.14. The maximum Gasteiger partial charge on any atom is 0.314 e. The van der Waals surface area contributed by atoms with Crippen molar-refractivity contribution in [3.63, 3.8) is 0 Å². The Hall–Kier alpha value is -1.66. The number of aliphatic hydroxyl groups is 1. The second-order valence-corrected chi connectivity index (χ2v) is 5.17. The largest absolute Gasteiger partial charge is 0.387 e. The van der Waals surface area contributed by atoms with Gasteiger partial charge in [-0.2, -0.15) is 0 Å². The maximum absolute atomic E-state index is 12.7. The molecule has 0 aliphatic heterocycles. The highest BCUT2D eigenvalue weighted by atomic mass is 19.1.